The zero-order valence-corrected chi connectivity index (χ0v) is 15.5. The number of nitrogens with zero attached hydrogens (tertiary/aromatic N) is 4. The first kappa shape index (κ1) is 17.1. The number of nitrogens with one attached hydrogen (secondary N) is 1. The quantitative estimate of drug-likeness (QED) is 0.909. The van der Waals surface area contributed by atoms with Crippen molar-refractivity contribution in [3.8, 4) is 0 Å². The Morgan fingerprint density at radius 1 is 1.38 bits per heavy atom. The highest BCUT2D eigenvalue weighted by Crippen LogP contribution is 2.33. The molecule has 1 saturated heterocycles. The lowest BCUT2D eigenvalue weighted by molar-refractivity contribution is 0.0940. The van der Waals surface area contributed by atoms with E-state index in [2.05, 4.69) is 55.0 Å². The zero-order chi connectivity index (χ0) is 17.5. The smallest absolute Gasteiger partial charge is 0.270 e. The normalized spacial score (nSPS) is 24.2. The number of hydrogen-bond donors (Lipinski definition) is 1. The van der Waals surface area contributed by atoms with Crippen molar-refractivity contribution in [3.05, 3.63) is 17.1 Å². The summed E-state index contributed by atoms with van der Waals surface area (Å²) < 4.78 is 0. The van der Waals surface area contributed by atoms with Gasteiger partial charge in [0.25, 0.3) is 5.91 Å². The molecule has 0 bridgehead atoms. The Morgan fingerprint density at radius 2 is 2.12 bits per heavy atom. The van der Waals surface area contributed by atoms with E-state index in [-0.39, 0.29) is 17.2 Å². The molecule has 1 fully saturated rings. The summed E-state index contributed by atoms with van der Waals surface area (Å²) in [4.78, 5) is 26.3. The Bertz CT molecular complexity index is 645. The molecule has 1 aromatic heterocycles. The third-order valence-corrected chi connectivity index (χ3v) is 5.12. The van der Waals surface area contributed by atoms with Gasteiger partial charge in [-0.3, -0.25) is 4.79 Å². The van der Waals surface area contributed by atoms with Crippen LogP contribution in [0.5, 0.6) is 0 Å². The van der Waals surface area contributed by atoms with Crippen molar-refractivity contribution >= 4 is 11.7 Å². The number of likely N-dealkylation sites (tertiary alicyclic amines) is 1. The first-order valence-corrected chi connectivity index (χ1v) is 8.88. The summed E-state index contributed by atoms with van der Waals surface area (Å²) in [5.74, 6) is 1.82. The summed E-state index contributed by atoms with van der Waals surface area (Å²) in [6, 6.07) is 0. The molecule has 132 valence electrons. The molecule has 2 aliphatic rings. The van der Waals surface area contributed by atoms with Gasteiger partial charge in [0.2, 0.25) is 0 Å². The second kappa shape index (κ2) is 6.31. The number of amides is 1. The van der Waals surface area contributed by atoms with Crippen LogP contribution in [0.15, 0.2) is 0 Å². The van der Waals surface area contributed by atoms with E-state index in [4.69, 9.17) is 4.98 Å². The average molecular weight is 331 g/mol. The van der Waals surface area contributed by atoms with Crippen LogP contribution in [0.1, 0.15) is 55.0 Å². The minimum absolute atomic E-state index is 0.0676. The highest BCUT2D eigenvalue weighted by molar-refractivity contribution is 5.96. The van der Waals surface area contributed by atoms with Gasteiger partial charge in [-0.15, -0.1) is 0 Å². The monoisotopic (exact) mass is 331 g/mol. The topological polar surface area (TPSA) is 61.4 Å². The predicted octanol–water partition coefficient (Wildman–Crippen LogP) is 1.66. The summed E-state index contributed by atoms with van der Waals surface area (Å²) >= 11 is 0. The number of anilines is 1. The number of carbonyl (C=O) groups excluding carboxylic acids is 1. The zero-order valence-electron chi connectivity index (χ0n) is 15.5. The molecule has 1 atom stereocenters. The fourth-order valence-corrected chi connectivity index (χ4v) is 3.91. The van der Waals surface area contributed by atoms with Crippen LogP contribution in [-0.4, -0.2) is 61.0 Å². The SMILES string of the molecule is CC(C)c1nc2c(c(N(C)CC3(C)CCN(C)C3)n1)CCNC2=O. The van der Waals surface area contributed by atoms with Gasteiger partial charge in [-0.2, -0.15) is 0 Å². The third-order valence-electron chi connectivity index (χ3n) is 5.12. The van der Waals surface area contributed by atoms with E-state index >= 15 is 0 Å². The van der Waals surface area contributed by atoms with Gasteiger partial charge in [0.15, 0.2) is 0 Å². The molecule has 1 N–H and O–H groups in total. The Hall–Kier alpha value is -1.69. The molecule has 0 aliphatic carbocycles. The van der Waals surface area contributed by atoms with Crippen molar-refractivity contribution in [1.29, 1.82) is 0 Å². The van der Waals surface area contributed by atoms with Crippen LogP contribution >= 0.6 is 0 Å². The van der Waals surface area contributed by atoms with Crippen molar-refractivity contribution in [2.75, 3.05) is 45.2 Å². The molecule has 6 heteroatoms. The highest BCUT2D eigenvalue weighted by Gasteiger charge is 2.34. The molecule has 3 heterocycles. The van der Waals surface area contributed by atoms with Crippen LogP contribution in [0.3, 0.4) is 0 Å². The second-order valence-electron chi connectivity index (χ2n) is 8.05. The Balaban J connectivity index is 1.95. The predicted molar refractivity (Wildman–Crippen MR) is 95.6 cm³/mol. The van der Waals surface area contributed by atoms with Crippen LogP contribution in [0.25, 0.3) is 0 Å². The Morgan fingerprint density at radius 3 is 2.75 bits per heavy atom. The number of carbonyl (C=O) groups is 1. The molecule has 0 saturated carbocycles. The van der Waals surface area contributed by atoms with Gasteiger partial charge in [0, 0.05) is 38.2 Å². The number of aromatic nitrogens is 2. The maximum absolute atomic E-state index is 12.3. The van der Waals surface area contributed by atoms with E-state index in [9.17, 15) is 4.79 Å². The summed E-state index contributed by atoms with van der Waals surface area (Å²) in [5.41, 5.74) is 1.83. The van der Waals surface area contributed by atoms with Crippen LogP contribution in [0.4, 0.5) is 5.82 Å². The van der Waals surface area contributed by atoms with Crippen molar-refractivity contribution in [2.45, 2.75) is 39.5 Å². The molecule has 24 heavy (non-hydrogen) atoms. The van der Waals surface area contributed by atoms with Gasteiger partial charge in [-0.1, -0.05) is 20.8 Å². The first-order valence-electron chi connectivity index (χ1n) is 8.88. The van der Waals surface area contributed by atoms with Gasteiger partial charge < -0.3 is 15.1 Å². The fraction of sp³-hybridized carbons (Fsp3) is 0.722. The van der Waals surface area contributed by atoms with E-state index in [1.54, 1.807) is 0 Å². The van der Waals surface area contributed by atoms with Crippen LogP contribution in [0, 0.1) is 5.41 Å². The minimum atomic E-state index is -0.0676. The van der Waals surface area contributed by atoms with E-state index in [1.807, 2.05) is 0 Å². The van der Waals surface area contributed by atoms with Crippen LogP contribution in [-0.2, 0) is 6.42 Å². The molecular formula is C18H29N5O. The Labute approximate surface area is 144 Å². The number of rotatable bonds is 4. The van der Waals surface area contributed by atoms with Crippen LogP contribution < -0.4 is 10.2 Å². The average Bonchev–Trinajstić information content (AvgIpc) is 2.85. The van der Waals surface area contributed by atoms with Gasteiger partial charge in [-0.05, 0) is 31.8 Å². The van der Waals surface area contributed by atoms with E-state index in [0.717, 1.165) is 43.3 Å². The maximum Gasteiger partial charge on any atom is 0.270 e. The molecule has 0 aromatic carbocycles. The van der Waals surface area contributed by atoms with Crippen LogP contribution in [0.2, 0.25) is 0 Å². The minimum Gasteiger partial charge on any atom is -0.359 e. The molecule has 1 unspecified atom stereocenters. The van der Waals surface area contributed by atoms with E-state index < -0.39 is 0 Å². The van der Waals surface area contributed by atoms with Gasteiger partial charge >= 0.3 is 0 Å². The van der Waals surface area contributed by atoms with Gasteiger partial charge in [-0.25, -0.2) is 9.97 Å². The molecule has 0 spiro atoms. The lowest BCUT2D eigenvalue weighted by Crippen LogP contribution is -2.39. The molecule has 0 radical (unpaired) electrons. The van der Waals surface area contributed by atoms with Crippen molar-refractivity contribution < 1.29 is 4.79 Å². The molecular weight excluding hydrogens is 302 g/mol. The van der Waals surface area contributed by atoms with Crippen molar-refractivity contribution in [1.82, 2.24) is 20.2 Å². The summed E-state index contributed by atoms with van der Waals surface area (Å²) in [6.07, 6.45) is 1.99. The first-order chi connectivity index (χ1) is 11.3. The highest BCUT2D eigenvalue weighted by atomic mass is 16.1. The Kier molecular flexibility index (Phi) is 4.51. The number of fused-ring (bicyclic) bond motifs is 1. The fourth-order valence-electron chi connectivity index (χ4n) is 3.91. The van der Waals surface area contributed by atoms with Crippen molar-refractivity contribution in [2.24, 2.45) is 5.41 Å². The van der Waals surface area contributed by atoms with Gasteiger partial charge in [0.05, 0.1) is 0 Å². The molecule has 1 amide bonds. The molecule has 1 aromatic rings. The van der Waals surface area contributed by atoms with Gasteiger partial charge in [0.1, 0.15) is 17.3 Å². The molecule has 6 nitrogen and oxygen atoms in total. The molecule has 2 aliphatic heterocycles. The van der Waals surface area contributed by atoms with E-state index in [0.29, 0.717) is 12.2 Å². The standard InChI is InChI=1S/C18H29N5O/c1-12(2)15-20-14-13(6-8-19-17(14)24)16(21-15)23(5)11-18(3)7-9-22(4)10-18/h12H,6-11H2,1-5H3,(H,19,24). The van der Waals surface area contributed by atoms with E-state index in [1.165, 1.54) is 6.42 Å². The lowest BCUT2D eigenvalue weighted by Gasteiger charge is -2.33. The summed E-state index contributed by atoms with van der Waals surface area (Å²) in [5, 5.41) is 2.90. The van der Waals surface area contributed by atoms with Crippen molar-refractivity contribution in [3.63, 3.8) is 0 Å². The summed E-state index contributed by atoms with van der Waals surface area (Å²) in [7, 11) is 4.28. The summed E-state index contributed by atoms with van der Waals surface area (Å²) in [6.45, 7) is 10.3. The lowest BCUT2D eigenvalue weighted by atomic mass is 9.89. The third kappa shape index (κ3) is 3.24. The molecule has 3 rings (SSSR count). The second-order valence-corrected chi connectivity index (χ2v) is 8.05. The largest absolute Gasteiger partial charge is 0.359 e. The number of hydrogen-bond acceptors (Lipinski definition) is 5. The maximum atomic E-state index is 12.3.